The molecule has 6 heteroatoms. The van der Waals surface area contributed by atoms with Crippen LogP contribution in [0.3, 0.4) is 0 Å². The van der Waals surface area contributed by atoms with Crippen molar-refractivity contribution in [2.75, 3.05) is 13.7 Å². The van der Waals surface area contributed by atoms with E-state index in [-0.39, 0.29) is 6.61 Å². The predicted molar refractivity (Wildman–Crippen MR) is 66.3 cm³/mol. The number of carbonyl (C=O) groups is 2. The van der Waals surface area contributed by atoms with Crippen molar-refractivity contribution in [3.8, 4) is 11.8 Å². The van der Waals surface area contributed by atoms with Gasteiger partial charge in [-0.2, -0.15) is 5.26 Å². The molecule has 1 N–H and O–H groups in total. The molecule has 0 aliphatic carbocycles. The third-order valence-electron chi connectivity index (χ3n) is 2.30. The summed E-state index contributed by atoms with van der Waals surface area (Å²) < 4.78 is 9.69. The van der Waals surface area contributed by atoms with Crippen LogP contribution in [0.5, 0.6) is 5.75 Å². The van der Waals surface area contributed by atoms with Crippen LogP contribution < -0.4 is 10.1 Å². The minimum Gasteiger partial charge on any atom is -0.482 e. The lowest BCUT2D eigenvalue weighted by molar-refractivity contribution is -0.144. The van der Waals surface area contributed by atoms with Gasteiger partial charge in [-0.3, -0.25) is 4.79 Å². The summed E-state index contributed by atoms with van der Waals surface area (Å²) in [5, 5.41) is 11.3. The molecular weight excluding hydrogens is 248 g/mol. The van der Waals surface area contributed by atoms with Gasteiger partial charge in [0.25, 0.3) is 5.91 Å². The number of hydrogen-bond acceptors (Lipinski definition) is 5. The molecule has 1 aromatic carbocycles. The maximum Gasteiger partial charge on any atom is 0.328 e. The van der Waals surface area contributed by atoms with Crippen LogP contribution in [0.25, 0.3) is 0 Å². The lowest BCUT2D eigenvalue weighted by atomic mass is 10.2. The lowest BCUT2D eigenvalue weighted by Gasteiger charge is -2.12. The van der Waals surface area contributed by atoms with E-state index < -0.39 is 17.9 Å². The smallest absolute Gasteiger partial charge is 0.328 e. The predicted octanol–water partition coefficient (Wildman–Crippen LogP) is 0.615. The average Bonchev–Trinajstić information content (AvgIpc) is 2.44. The number of nitriles is 1. The van der Waals surface area contributed by atoms with E-state index in [0.29, 0.717) is 11.3 Å². The molecule has 0 heterocycles. The Morgan fingerprint density at radius 1 is 1.42 bits per heavy atom. The Kier molecular flexibility index (Phi) is 5.35. The Balaban J connectivity index is 2.51. The fraction of sp³-hybridized carbons (Fsp3) is 0.308. The molecule has 0 unspecified atom stereocenters. The molecule has 0 radical (unpaired) electrons. The van der Waals surface area contributed by atoms with E-state index in [4.69, 9.17) is 10.00 Å². The minimum atomic E-state index is -0.743. The zero-order valence-corrected chi connectivity index (χ0v) is 10.7. The van der Waals surface area contributed by atoms with Gasteiger partial charge in [0.2, 0.25) is 0 Å². The number of rotatable bonds is 5. The van der Waals surface area contributed by atoms with E-state index >= 15 is 0 Å². The largest absolute Gasteiger partial charge is 0.482 e. The first-order valence-corrected chi connectivity index (χ1v) is 5.57. The number of ether oxygens (including phenoxy) is 2. The molecule has 19 heavy (non-hydrogen) atoms. The summed E-state index contributed by atoms with van der Waals surface area (Å²) in [5.41, 5.74) is 0.344. The van der Waals surface area contributed by atoms with Gasteiger partial charge in [-0.05, 0) is 19.1 Å². The van der Waals surface area contributed by atoms with Crippen LogP contribution in [0.4, 0.5) is 0 Å². The second-order valence-corrected chi connectivity index (χ2v) is 3.71. The Bertz CT molecular complexity index is 508. The summed E-state index contributed by atoms with van der Waals surface area (Å²) in [7, 11) is 1.24. The number of para-hydroxylation sites is 1. The highest BCUT2D eigenvalue weighted by Gasteiger charge is 2.16. The van der Waals surface area contributed by atoms with Crippen LogP contribution in [-0.2, 0) is 14.3 Å². The van der Waals surface area contributed by atoms with Gasteiger partial charge in [0.05, 0.1) is 12.7 Å². The Morgan fingerprint density at radius 2 is 2.11 bits per heavy atom. The highest BCUT2D eigenvalue weighted by Crippen LogP contribution is 2.16. The van der Waals surface area contributed by atoms with Crippen LogP contribution in [-0.4, -0.2) is 31.6 Å². The summed E-state index contributed by atoms with van der Waals surface area (Å²) in [6, 6.07) is 7.79. The fourth-order valence-electron chi connectivity index (χ4n) is 1.35. The second-order valence-electron chi connectivity index (χ2n) is 3.71. The van der Waals surface area contributed by atoms with Crippen molar-refractivity contribution in [1.29, 1.82) is 5.26 Å². The summed E-state index contributed by atoms with van der Waals surface area (Å²) in [5.74, 6) is -0.678. The standard InChI is InChI=1S/C13H14N2O4/c1-9(13(17)18-2)15-12(16)8-19-11-6-4-3-5-10(11)7-14/h3-6,9H,8H2,1-2H3,(H,15,16)/t9-/m0/s1. The maximum absolute atomic E-state index is 11.5. The van der Waals surface area contributed by atoms with E-state index in [0.717, 1.165) is 0 Å². The fourth-order valence-corrected chi connectivity index (χ4v) is 1.35. The van der Waals surface area contributed by atoms with Crippen LogP contribution in [0.15, 0.2) is 24.3 Å². The molecule has 6 nitrogen and oxygen atoms in total. The number of amides is 1. The Morgan fingerprint density at radius 3 is 2.74 bits per heavy atom. The Labute approximate surface area is 110 Å². The van der Waals surface area contributed by atoms with Crippen molar-refractivity contribution in [3.05, 3.63) is 29.8 Å². The van der Waals surface area contributed by atoms with Crippen molar-refractivity contribution < 1.29 is 19.1 Å². The van der Waals surface area contributed by atoms with Crippen molar-refractivity contribution in [2.24, 2.45) is 0 Å². The monoisotopic (exact) mass is 262 g/mol. The zero-order valence-electron chi connectivity index (χ0n) is 10.7. The zero-order chi connectivity index (χ0) is 14.3. The molecule has 1 rings (SSSR count). The van der Waals surface area contributed by atoms with E-state index in [2.05, 4.69) is 10.1 Å². The average molecular weight is 262 g/mol. The van der Waals surface area contributed by atoms with Gasteiger partial charge in [0.1, 0.15) is 17.9 Å². The highest BCUT2D eigenvalue weighted by atomic mass is 16.5. The van der Waals surface area contributed by atoms with Gasteiger partial charge >= 0.3 is 5.97 Å². The quantitative estimate of drug-likeness (QED) is 0.785. The van der Waals surface area contributed by atoms with Crippen LogP contribution in [0.2, 0.25) is 0 Å². The molecule has 0 aliphatic rings. The van der Waals surface area contributed by atoms with E-state index in [1.807, 2.05) is 6.07 Å². The first-order chi connectivity index (χ1) is 9.08. The molecular formula is C13H14N2O4. The maximum atomic E-state index is 11.5. The summed E-state index contributed by atoms with van der Waals surface area (Å²) in [6.07, 6.45) is 0. The molecule has 1 aromatic rings. The number of methoxy groups -OCH3 is 1. The number of benzene rings is 1. The second kappa shape index (κ2) is 7.01. The molecule has 0 saturated heterocycles. The topological polar surface area (TPSA) is 88.4 Å². The third kappa shape index (κ3) is 4.32. The first kappa shape index (κ1) is 14.5. The number of carbonyl (C=O) groups excluding carboxylic acids is 2. The summed E-state index contributed by atoms with van der Waals surface area (Å²) in [6.45, 7) is 1.23. The minimum absolute atomic E-state index is 0.278. The SMILES string of the molecule is COC(=O)[C@H](C)NC(=O)COc1ccccc1C#N. The van der Waals surface area contributed by atoms with Crippen molar-refractivity contribution in [3.63, 3.8) is 0 Å². The molecule has 0 bridgehead atoms. The van der Waals surface area contributed by atoms with E-state index in [9.17, 15) is 9.59 Å². The number of esters is 1. The first-order valence-electron chi connectivity index (χ1n) is 5.57. The van der Waals surface area contributed by atoms with E-state index in [1.54, 1.807) is 24.3 Å². The molecule has 1 atom stereocenters. The van der Waals surface area contributed by atoms with Gasteiger partial charge < -0.3 is 14.8 Å². The molecule has 0 spiro atoms. The molecule has 0 saturated carbocycles. The van der Waals surface area contributed by atoms with Gasteiger partial charge in [0.15, 0.2) is 6.61 Å². The number of nitrogens with one attached hydrogen (secondary N) is 1. The van der Waals surface area contributed by atoms with E-state index in [1.165, 1.54) is 14.0 Å². The molecule has 0 aromatic heterocycles. The molecule has 1 amide bonds. The summed E-state index contributed by atoms with van der Waals surface area (Å²) in [4.78, 5) is 22.6. The normalized spacial score (nSPS) is 11.0. The van der Waals surface area contributed by atoms with Crippen molar-refractivity contribution in [1.82, 2.24) is 5.32 Å². The van der Waals surface area contributed by atoms with Gasteiger partial charge in [-0.1, -0.05) is 12.1 Å². The molecule has 100 valence electrons. The lowest BCUT2D eigenvalue weighted by Crippen LogP contribution is -2.41. The molecule has 0 fully saturated rings. The highest BCUT2D eigenvalue weighted by molar-refractivity contribution is 5.84. The molecule has 0 aliphatic heterocycles. The van der Waals surface area contributed by atoms with Gasteiger partial charge in [0, 0.05) is 0 Å². The van der Waals surface area contributed by atoms with Crippen molar-refractivity contribution >= 4 is 11.9 Å². The van der Waals surface area contributed by atoms with Crippen LogP contribution in [0, 0.1) is 11.3 Å². The van der Waals surface area contributed by atoms with Gasteiger partial charge in [-0.15, -0.1) is 0 Å². The van der Waals surface area contributed by atoms with Crippen LogP contribution in [0.1, 0.15) is 12.5 Å². The third-order valence-corrected chi connectivity index (χ3v) is 2.30. The van der Waals surface area contributed by atoms with Crippen molar-refractivity contribution in [2.45, 2.75) is 13.0 Å². The van der Waals surface area contributed by atoms with Crippen LogP contribution >= 0.6 is 0 Å². The number of hydrogen-bond donors (Lipinski definition) is 1. The number of nitrogens with zero attached hydrogens (tertiary/aromatic N) is 1. The summed E-state index contributed by atoms with van der Waals surface area (Å²) >= 11 is 0. The van der Waals surface area contributed by atoms with Gasteiger partial charge in [-0.25, -0.2) is 4.79 Å². The Hall–Kier alpha value is -2.55.